The summed E-state index contributed by atoms with van der Waals surface area (Å²) in [5.41, 5.74) is 1.12. The van der Waals surface area contributed by atoms with Gasteiger partial charge in [0.15, 0.2) is 0 Å². The minimum Gasteiger partial charge on any atom is -0.286 e. The van der Waals surface area contributed by atoms with Gasteiger partial charge in [0.25, 0.3) is 0 Å². The lowest BCUT2D eigenvalue weighted by atomic mass is 10.1. The lowest BCUT2D eigenvalue weighted by molar-refractivity contribution is -0.166. The number of amides is 1. The standard InChI is InChI=1S/C13H19NO2/c1-11(2)10-13(15)14(16)9-8-12-6-4-3-5-7-12/h3-7,11,16H,8-10H2,1-2H3. The maximum absolute atomic E-state index is 11.5. The fraction of sp³-hybridized carbons (Fsp3) is 0.462. The maximum Gasteiger partial charge on any atom is 0.246 e. The molecule has 0 saturated heterocycles. The van der Waals surface area contributed by atoms with Gasteiger partial charge in [0.05, 0.1) is 6.54 Å². The first kappa shape index (κ1) is 12.7. The fourth-order valence-corrected chi connectivity index (χ4v) is 1.46. The van der Waals surface area contributed by atoms with Crippen LogP contribution in [0.1, 0.15) is 25.8 Å². The van der Waals surface area contributed by atoms with Crippen molar-refractivity contribution in [2.45, 2.75) is 26.7 Å². The number of hydrogen-bond donors (Lipinski definition) is 1. The highest BCUT2D eigenvalue weighted by molar-refractivity contribution is 5.75. The van der Waals surface area contributed by atoms with Crippen LogP contribution in [0.4, 0.5) is 0 Å². The number of benzene rings is 1. The van der Waals surface area contributed by atoms with Crippen LogP contribution < -0.4 is 0 Å². The Morgan fingerprint density at radius 3 is 2.50 bits per heavy atom. The average Bonchev–Trinajstić information content (AvgIpc) is 2.26. The van der Waals surface area contributed by atoms with Crippen LogP contribution in [0.3, 0.4) is 0 Å². The Labute approximate surface area is 96.7 Å². The molecule has 88 valence electrons. The van der Waals surface area contributed by atoms with E-state index in [1.165, 1.54) is 0 Å². The summed E-state index contributed by atoms with van der Waals surface area (Å²) in [4.78, 5) is 11.5. The van der Waals surface area contributed by atoms with E-state index in [9.17, 15) is 10.0 Å². The first-order valence-electron chi connectivity index (χ1n) is 5.62. The monoisotopic (exact) mass is 221 g/mol. The van der Waals surface area contributed by atoms with Crippen LogP contribution in [-0.2, 0) is 11.2 Å². The van der Waals surface area contributed by atoms with Crippen LogP contribution in [0.15, 0.2) is 30.3 Å². The van der Waals surface area contributed by atoms with Crippen LogP contribution in [0.2, 0.25) is 0 Å². The Balaban J connectivity index is 2.35. The van der Waals surface area contributed by atoms with Crippen molar-refractivity contribution in [3.05, 3.63) is 35.9 Å². The van der Waals surface area contributed by atoms with E-state index in [1.54, 1.807) is 0 Å². The van der Waals surface area contributed by atoms with Crippen molar-refractivity contribution in [2.75, 3.05) is 6.54 Å². The zero-order chi connectivity index (χ0) is 12.0. The molecule has 1 N–H and O–H groups in total. The summed E-state index contributed by atoms with van der Waals surface area (Å²) < 4.78 is 0. The Morgan fingerprint density at radius 2 is 1.94 bits per heavy atom. The molecule has 0 spiro atoms. The van der Waals surface area contributed by atoms with Crippen LogP contribution in [0, 0.1) is 5.92 Å². The topological polar surface area (TPSA) is 40.5 Å². The molecule has 0 unspecified atom stereocenters. The third-order valence-electron chi connectivity index (χ3n) is 2.33. The van der Waals surface area contributed by atoms with Gasteiger partial charge in [-0.3, -0.25) is 10.0 Å². The van der Waals surface area contributed by atoms with Gasteiger partial charge in [-0.2, -0.15) is 0 Å². The fourth-order valence-electron chi connectivity index (χ4n) is 1.46. The van der Waals surface area contributed by atoms with E-state index in [-0.39, 0.29) is 11.8 Å². The zero-order valence-electron chi connectivity index (χ0n) is 9.89. The highest BCUT2D eigenvalue weighted by atomic mass is 16.5. The number of rotatable bonds is 5. The van der Waals surface area contributed by atoms with E-state index in [2.05, 4.69) is 0 Å². The van der Waals surface area contributed by atoms with Crippen LogP contribution in [-0.4, -0.2) is 22.7 Å². The molecule has 0 aliphatic rings. The predicted molar refractivity (Wildman–Crippen MR) is 63.1 cm³/mol. The van der Waals surface area contributed by atoms with Gasteiger partial charge in [-0.25, -0.2) is 5.06 Å². The van der Waals surface area contributed by atoms with Gasteiger partial charge in [-0.05, 0) is 17.9 Å². The molecule has 0 aliphatic heterocycles. The Kier molecular flexibility index (Phi) is 4.99. The van der Waals surface area contributed by atoms with Gasteiger partial charge in [0, 0.05) is 6.42 Å². The van der Waals surface area contributed by atoms with E-state index < -0.39 is 0 Å². The summed E-state index contributed by atoms with van der Waals surface area (Å²) in [5.74, 6) is 0.0739. The molecular formula is C13H19NO2. The molecule has 3 nitrogen and oxygen atoms in total. The molecule has 0 aliphatic carbocycles. The van der Waals surface area contributed by atoms with Gasteiger partial charge in [0.1, 0.15) is 0 Å². The van der Waals surface area contributed by atoms with Crippen LogP contribution in [0.5, 0.6) is 0 Å². The molecule has 0 saturated carbocycles. The molecule has 0 aromatic heterocycles. The molecule has 0 atom stereocenters. The molecule has 0 fully saturated rings. The molecule has 0 radical (unpaired) electrons. The maximum atomic E-state index is 11.5. The SMILES string of the molecule is CC(C)CC(=O)N(O)CCc1ccccc1. The van der Waals surface area contributed by atoms with Crippen molar-refractivity contribution in [1.82, 2.24) is 5.06 Å². The highest BCUT2D eigenvalue weighted by Crippen LogP contribution is 2.05. The van der Waals surface area contributed by atoms with E-state index in [4.69, 9.17) is 0 Å². The van der Waals surface area contributed by atoms with Crippen molar-refractivity contribution in [3.63, 3.8) is 0 Å². The molecule has 1 amide bonds. The Bertz CT molecular complexity index is 322. The number of carbonyl (C=O) groups is 1. The molecule has 16 heavy (non-hydrogen) atoms. The van der Waals surface area contributed by atoms with Gasteiger partial charge in [-0.15, -0.1) is 0 Å². The largest absolute Gasteiger partial charge is 0.286 e. The van der Waals surface area contributed by atoms with E-state index >= 15 is 0 Å². The molecule has 1 rings (SSSR count). The summed E-state index contributed by atoms with van der Waals surface area (Å²) >= 11 is 0. The smallest absolute Gasteiger partial charge is 0.246 e. The second kappa shape index (κ2) is 6.28. The van der Waals surface area contributed by atoms with Crippen molar-refractivity contribution in [2.24, 2.45) is 5.92 Å². The molecule has 0 heterocycles. The first-order valence-corrected chi connectivity index (χ1v) is 5.62. The third-order valence-corrected chi connectivity index (χ3v) is 2.33. The molecule has 0 bridgehead atoms. The summed E-state index contributed by atoms with van der Waals surface area (Å²) in [5, 5.41) is 10.3. The van der Waals surface area contributed by atoms with Gasteiger partial charge in [-0.1, -0.05) is 44.2 Å². The number of nitrogens with zero attached hydrogens (tertiary/aromatic N) is 1. The predicted octanol–water partition coefficient (Wildman–Crippen LogP) is 2.49. The summed E-state index contributed by atoms with van der Waals surface area (Å²) in [6, 6.07) is 9.83. The second-order valence-corrected chi connectivity index (χ2v) is 4.35. The average molecular weight is 221 g/mol. The number of hydroxylamine groups is 2. The summed E-state index contributed by atoms with van der Waals surface area (Å²) in [6.07, 6.45) is 1.08. The molecular weight excluding hydrogens is 202 g/mol. The lowest BCUT2D eigenvalue weighted by Crippen LogP contribution is -2.30. The van der Waals surface area contributed by atoms with Gasteiger partial charge >= 0.3 is 0 Å². The quantitative estimate of drug-likeness (QED) is 0.613. The third kappa shape index (κ3) is 4.45. The van der Waals surface area contributed by atoms with Crippen molar-refractivity contribution in [3.8, 4) is 0 Å². The zero-order valence-corrected chi connectivity index (χ0v) is 9.89. The Hall–Kier alpha value is -1.35. The molecule has 1 aromatic rings. The van der Waals surface area contributed by atoms with Gasteiger partial charge in [0.2, 0.25) is 5.91 Å². The minimum atomic E-state index is -0.203. The van der Waals surface area contributed by atoms with Gasteiger partial charge < -0.3 is 0 Å². The summed E-state index contributed by atoms with van der Waals surface area (Å²) in [6.45, 7) is 4.28. The van der Waals surface area contributed by atoms with E-state index in [1.807, 2.05) is 44.2 Å². The summed E-state index contributed by atoms with van der Waals surface area (Å²) in [7, 11) is 0. The van der Waals surface area contributed by atoms with Crippen molar-refractivity contribution < 1.29 is 10.0 Å². The van der Waals surface area contributed by atoms with Crippen molar-refractivity contribution in [1.29, 1.82) is 0 Å². The second-order valence-electron chi connectivity index (χ2n) is 4.35. The normalized spacial score (nSPS) is 10.5. The molecule has 3 heteroatoms. The van der Waals surface area contributed by atoms with Crippen LogP contribution >= 0.6 is 0 Å². The minimum absolute atomic E-state index is 0.203. The number of carbonyl (C=O) groups excluding carboxylic acids is 1. The first-order chi connectivity index (χ1) is 7.59. The van der Waals surface area contributed by atoms with E-state index in [0.717, 1.165) is 10.6 Å². The molecule has 1 aromatic carbocycles. The van der Waals surface area contributed by atoms with Crippen molar-refractivity contribution >= 4 is 5.91 Å². The van der Waals surface area contributed by atoms with Crippen LogP contribution in [0.25, 0.3) is 0 Å². The highest BCUT2D eigenvalue weighted by Gasteiger charge is 2.12. The lowest BCUT2D eigenvalue weighted by Gasteiger charge is -2.16. The van der Waals surface area contributed by atoms with E-state index in [0.29, 0.717) is 19.4 Å². The Morgan fingerprint density at radius 1 is 1.31 bits per heavy atom. The number of hydrogen-bond acceptors (Lipinski definition) is 2.